The molecule has 0 aliphatic heterocycles. The van der Waals surface area contributed by atoms with Crippen LogP contribution in [0.25, 0.3) is 0 Å². The molecule has 100 valence electrons. The summed E-state index contributed by atoms with van der Waals surface area (Å²) in [6.45, 7) is 2.81. The Morgan fingerprint density at radius 1 is 1.37 bits per heavy atom. The first-order chi connectivity index (χ1) is 9.14. The quantitative estimate of drug-likeness (QED) is 0.923. The van der Waals surface area contributed by atoms with Crippen LogP contribution in [0.4, 0.5) is 0 Å². The Morgan fingerprint density at radius 3 is 2.84 bits per heavy atom. The third-order valence-corrected chi connectivity index (χ3v) is 4.52. The van der Waals surface area contributed by atoms with Crippen molar-refractivity contribution < 1.29 is 5.11 Å². The summed E-state index contributed by atoms with van der Waals surface area (Å²) < 4.78 is 2.79. The molecular formula is C15H17BrN2O. The minimum Gasteiger partial charge on any atom is -0.383 e. The maximum absolute atomic E-state index is 11.1. The van der Waals surface area contributed by atoms with E-state index < -0.39 is 5.60 Å². The Morgan fingerprint density at radius 2 is 2.11 bits per heavy atom. The van der Waals surface area contributed by atoms with E-state index in [1.165, 1.54) is 11.1 Å². The Bertz CT molecular complexity index is 608. The highest BCUT2D eigenvalue weighted by atomic mass is 79.9. The zero-order chi connectivity index (χ0) is 13.5. The molecule has 3 nitrogen and oxygen atoms in total. The molecule has 0 fully saturated rings. The second-order valence-electron chi connectivity index (χ2n) is 5.13. The number of aromatic nitrogens is 2. The van der Waals surface area contributed by atoms with Gasteiger partial charge in [-0.2, -0.15) is 5.10 Å². The van der Waals surface area contributed by atoms with Crippen LogP contribution in [0.15, 0.2) is 34.9 Å². The standard InChI is InChI=1S/C15H17BrN2O/c1-2-18-14(13(16)10-17-18)15(19)8-7-11-5-3-4-6-12(11)9-15/h3-6,10,19H,2,7-9H2,1H3. The van der Waals surface area contributed by atoms with Gasteiger partial charge < -0.3 is 5.11 Å². The van der Waals surface area contributed by atoms with Crippen LogP contribution in [0.1, 0.15) is 30.2 Å². The van der Waals surface area contributed by atoms with Gasteiger partial charge in [-0.15, -0.1) is 0 Å². The van der Waals surface area contributed by atoms with Crippen LogP contribution in [-0.4, -0.2) is 14.9 Å². The molecule has 0 spiro atoms. The van der Waals surface area contributed by atoms with Gasteiger partial charge in [0.15, 0.2) is 0 Å². The molecule has 1 aliphatic rings. The number of halogens is 1. The molecule has 0 amide bonds. The molecule has 1 heterocycles. The van der Waals surface area contributed by atoms with Gasteiger partial charge in [0.05, 0.1) is 16.4 Å². The SMILES string of the molecule is CCn1ncc(Br)c1C1(O)CCc2ccccc2C1. The van der Waals surface area contributed by atoms with Gasteiger partial charge in [-0.1, -0.05) is 24.3 Å². The number of hydrogen-bond donors (Lipinski definition) is 1. The van der Waals surface area contributed by atoms with Crippen LogP contribution in [0, 0.1) is 0 Å². The summed E-state index contributed by atoms with van der Waals surface area (Å²) in [5.74, 6) is 0. The lowest BCUT2D eigenvalue weighted by Gasteiger charge is -2.34. The largest absolute Gasteiger partial charge is 0.383 e. The number of rotatable bonds is 2. The molecule has 1 N–H and O–H groups in total. The summed E-state index contributed by atoms with van der Waals surface area (Å²) in [6, 6.07) is 8.37. The maximum Gasteiger partial charge on any atom is 0.112 e. The van der Waals surface area contributed by atoms with Crippen molar-refractivity contribution in [3.05, 3.63) is 51.8 Å². The van der Waals surface area contributed by atoms with Crippen LogP contribution < -0.4 is 0 Å². The number of nitrogens with zero attached hydrogens (tertiary/aromatic N) is 2. The third-order valence-electron chi connectivity index (χ3n) is 3.94. The van der Waals surface area contributed by atoms with Gasteiger partial charge in [0.25, 0.3) is 0 Å². The first-order valence-electron chi connectivity index (χ1n) is 6.65. The summed E-state index contributed by atoms with van der Waals surface area (Å²) in [5.41, 5.74) is 2.68. The van der Waals surface area contributed by atoms with Crippen LogP contribution in [0.2, 0.25) is 0 Å². The normalized spacial score (nSPS) is 22.3. The van der Waals surface area contributed by atoms with Crippen molar-refractivity contribution in [1.29, 1.82) is 0 Å². The number of aliphatic hydroxyl groups is 1. The highest BCUT2D eigenvalue weighted by Gasteiger charge is 2.38. The van der Waals surface area contributed by atoms with E-state index in [2.05, 4.69) is 39.2 Å². The molecule has 4 heteroatoms. The van der Waals surface area contributed by atoms with E-state index in [4.69, 9.17) is 0 Å². The second-order valence-corrected chi connectivity index (χ2v) is 5.99. The van der Waals surface area contributed by atoms with E-state index >= 15 is 0 Å². The van der Waals surface area contributed by atoms with E-state index in [0.717, 1.165) is 29.6 Å². The fraction of sp³-hybridized carbons (Fsp3) is 0.400. The Hall–Kier alpha value is -1.13. The molecule has 1 unspecified atom stereocenters. The predicted molar refractivity (Wildman–Crippen MR) is 78.0 cm³/mol. The summed E-state index contributed by atoms with van der Waals surface area (Å²) in [7, 11) is 0. The highest BCUT2D eigenvalue weighted by molar-refractivity contribution is 9.10. The van der Waals surface area contributed by atoms with Gasteiger partial charge in [0.1, 0.15) is 5.60 Å². The predicted octanol–water partition coefficient (Wildman–Crippen LogP) is 3.04. The van der Waals surface area contributed by atoms with Crippen molar-refractivity contribution in [1.82, 2.24) is 9.78 Å². The summed E-state index contributed by atoms with van der Waals surface area (Å²) >= 11 is 3.53. The van der Waals surface area contributed by atoms with Crippen molar-refractivity contribution in [2.24, 2.45) is 0 Å². The molecule has 0 saturated heterocycles. The van der Waals surface area contributed by atoms with E-state index in [0.29, 0.717) is 6.42 Å². The van der Waals surface area contributed by atoms with Crippen LogP contribution in [0.3, 0.4) is 0 Å². The number of benzene rings is 1. The fourth-order valence-corrected chi connectivity index (χ4v) is 3.65. The molecule has 0 saturated carbocycles. The number of hydrogen-bond acceptors (Lipinski definition) is 2. The topological polar surface area (TPSA) is 38.0 Å². The van der Waals surface area contributed by atoms with Crippen molar-refractivity contribution in [2.75, 3.05) is 0 Å². The fourth-order valence-electron chi connectivity index (χ4n) is 2.99. The zero-order valence-electron chi connectivity index (χ0n) is 10.9. The highest BCUT2D eigenvalue weighted by Crippen LogP contribution is 2.39. The first-order valence-corrected chi connectivity index (χ1v) is 7.44. The van der Waals surface area contributed by atoms with Gasteiger partial charge in [-0.25, -0.2) is 0 Å². The molecule has 1 atom stereocenters. The minimum absolute atomic E-state index is 0.660. The maximum atomic E-state index is 11.1. The zero-order valence-corrected chi connectivity index (χ0v) is 12.5. The van der Waals surface area contributed by atoms with Gasteiger partial charge in [-0.05, 0) is 46.8 Å². The monoisotopic (exact) mass is 320 g/mol. The molecule has 1 aromatic carbocycles. The van der Waals surface area contributed by atoms with E-state index in [9.17, 15) is 5.11 Å². The van der Waals surface area contributed by atoms with Crippen molar-refractivity contribution >= 4 is 15.9 Å². The van der Waals surface area contributed by atoms with E-state index in [1.54, 1.807) is 6.20 Å². The molecule has 0 bridgehead atoms. The van der Waals surface area contributed by atoms with Crippen molar-refractivity contribution in [3.63, 3.8) is 0 Å². The first kappa shape index (κ1) is 12.9. The molecule has 3 rings (SSSR count). The van der Waals surface area contributed by atoms with Crippen LogP contribution in [0.5, 0.6) is 0 Å². The van der Waals surface area contributed by atoms with Crippen LogP contribution in [-0.2, 0) is 25.0 Å². The third kappa shape index (κ3) is 2.13. The average Bonchev–Trinajstić information content (AvgIpc) is 2.80. The molecular weight excluding hydrogens is 304 g/mol. The average molecular weight is 321 g/mol. The lowest BCUT2D eigenvalue weighted by Crippen LogP contribution is -2.35. The van der Waals surface area contributed by atoms with Gasteiger partial charge in [0.2, 0.25) is 0 Å². The minimum atomic E-state index is -0.820. The molecule has 1 aliphatic carbocycles. The smallest absolute Gasteiger partial charge is 0.112 e. The van der Waals surface area contributed by atoms with Crippen molar-refractivity contribution in [3.8, 4) is 0 Å². The summed E-state index contributed by atoms with van der Waals surface area (Å²) in [4.78, 5) is 0. The van der Waals surface area contributed by atoms with E-state index in [-0.39, 0.29) is 0 Å². The Labute approximate surface area is 121 Å². The Kier molecular flexibility index (Phi) is 3.23. The second kappa shape index (κ2) is 4.76. The van der Waals surface area contributed by atoms with Gasteiger partial charge in [0, 0.05) is 13.0 Å². The van der Waals surface area contributed by atoms with Gasteiger partial charge >= 0.3 is 0 Å². The molecule has 0 radical (unpaired) electrons. The Balaban J connectivity index is 2.04. The number of fused-ring (bicyclic) bond motifs is 1. The summed E-state index contributed by atoms with van der Waals surface area (Å²) in [5, 5.41) is 15.4. The van der Waals surface area contributed by atoms with Crippen LogP contribution >= 0.6 is 15.9 Å². The number of aryl methyl sites for hydroxylation is 2. The van der Waals surface area contributed by atoms with Gasteiger partial charge in [-0.3, -0.25) is 4.68 Å². The van der Waals surface area contributed by atoms with Crippen molar-refractivity contribution in [2.45, 2.75) is 38.3 Å². The van der Waals surface area contributed by atoms with E-state index in [1.807, 2.05) is 17.7 Å². The lowest BCUT2D eigenvalue weighted by atomic mass is 9.78. The molecule has 19 heavy (non-hydrogen) atoms. The molecule has 2 aromatic rings. The lowest BCUT2D eigenvalue weighted by molar-refractivity contribution is 0.0128. The summed E-state index contributed by atoms with van der Waals surface area (Å²) in [6.07, 6.45) is 4.09. The molecule has 1 aromatic heterocycles.